The van der Waals surface area contributed by atoms with Crippen LogP contribution in [-0.4, -0.2) is 48.2 Å². The zero-order valence-corrected chi connectivity index (χ0v) is 11.1. The molecule has 0 radical (unpaired) electrons. The molecule has 0 spiro atoms. The van der Waals surface area contributed by atoms with Gasteiger partial charge in [0.15, 0.2) is 0 Å². The standard InChI is InChI=1S/C13H21F3N2/c1-10(2)17-6-8-18(9-7-17)11(3)12(4-5-12)13(14,15)16/h10H,3-9H2,1-2H3. The highest BCUT2D eigenvalue weighted by Gasteiger charge is 2.65. The third-order valence-corrected chi connectivity index (χ3v) is 4.27. The van der Waals surface area contributed by atoms with Crippen LogP contribution in [0.2, 0.25) is 0 Å². The molecule has 0 unspecified atom stereocenters. The number of alkyl halides is 3. The van der Waals surface area contributed by atoms with Crippen molar-refractivity contribution in [2.24, 2.45) is 5.41 Å². The molecule has 1 aliphatic carbocycles. The quantitative estimate of drug-likeness (QED) is 0.771. The molecule has 0 N–H and O–H groups in total. The van der Waals surface area contributed by atoms with Crippen molar-refractivity contribution in [3.8, 4) is 0 Å². The van der Waals surface area contributed by atoms with Crippen LogP contribution in [0.15, 0.2) is 12.3 Å². The fraction of sp³-hybridized carbons (Fsp3) is 0.846. The maximum atomic E-state index is 13.0. The van der Waals surface area contributed by atoms with E-state index in [4.69, 9.17) is 0 Å². The monoisotopic (exact) mass is 262 g/mol. The second-order valence-corrected chi connectivity index (χ2v) is 5.64. The Morgan fingerprint density at radius 1 is 1.11 bits per heavy atom. The fourth-order valence-electron chi connectivity index (χ4n) is 2.67. The zero-order chi connectivity index (χ0) is 13.6. The average Bonchev–Trinajstić information content (AvgIpc) is 3.08. The van der Waals surface area contributed by atoms with Gasteiger partial charge in [-0.3, -0.25) is 4.90 Å². The lowest BCUT2D eigenvalue weighted by Crippen LogP contribution is -2.50. The molecule has 18 heavy (non-hydrogen) atoms. The molecule has 1 aliphatic heterocycles. The highest BCUT2D eigenvalue weighted by molar-refractivity contribution is 5.22. The summed E-state index contributed by atoms with van der Waals surface area (Å²) in [6.07, 6.45) is -3.72. The number of halogens is 3. The maximum Gasteiger partial charge on any atom is 0.399 e. The van der Waals surface area contributed by atoms with Gasteiger partial charge in [-0.05, 0) is 26.7 Å². The summed E-state index contributed by atoms with van der Waals surface area (Å²) in [6, 6.07) is 0.456. The molecule has 0 atom stereocenters. The largest absolute Gasteiger partial charge is 0.399 e. The molecule has 2 aliphatic rings. The molecule has 104 valence electrons. The predicted octanol–water partition coefficient (Wildman–Crippen LogP) is 2.87. The van der Waals surface area contributed by atoms with E-state index in [9.17, 15) is 13.2 Å². The van der Waals surface area contributed by atoms with Crippen molar-refractivity contribution in [1.82, 2.24) is 9.80 Å². The summed E-state index contributed by atoms with van der Waals surface area (Å²) in [6.45, 7) is 10.9. The average molecular weight is 262 g/mol. The van der Waals surface area contributed by atoms with Gasteiger partial charge in [0.05, 0.1) is 0 Å². The van der Waals surface area contributed by atoms with Crippen molar-refractivity contribution in [1.29, 1.82) is 0 Å². The van der Waals surface area contributed by atoms with E-state index in [-0.39, 0.29) is 12.8 Å². The van der Waals surface area contributed by atoms with E-state index in [1.165, 1.54) is 0 Å². The van der Waals surface area contributed by atoms with Crippen LogP contribution in [0.25, 0.3) is 0 Å². The van der Waals surface area contributed by atoms with E-state index in [0.29, 0.717) is 24.8 Å². The Morgan fingerprint density at radius 2 is 1.61 bits per heavy atom. The van der Waals surface area contributed by atoms with Crippen molar-refractivity contribution in [3.05, 3.63) is 12.3 Å². The molecule has 2 fully saturated rings. The number of piperazine rings is 1. The van der Waals surface area contributed by atoms with Crippen LogP contribution in [0.5, 0.6) is 0 Å². The molecule has 0 aromatic rings. The molecular formula is C13H21F3N2. The molecular weight excluding hydrogens is 241 g/mol. The summed E-state index contributed by atoms with van der Waals surface area (Å²) in [5.74, 6) is 0. The summed E-state index contributed by atoms with van der Waals surface area (Å²) in [4.78, 5) is 4.12. The third-order valence-electron chi connectivity index (χ3n) is 4.27. The number of rotatable bonds is 3. The molecule has 1 saturated carbocycles. The molecule has 1 heterocycles. The van der Waals surface area contributed by atoms with Crippen LogP contribution >= 0.6 is 0 Å². The van der Waals surface area contributed by atoms with Gasteiger partial charge >= 0.3 is 6.18 Å². The van der Waals surface area contributed by atoms with E-state index in [0.717, 1.165) is 13.1 Å². The Bertz CT molecular complexity index is 324. The highest BCUT2D eigenvalue weighted by atomic mass is 19.4. The second-order valence-electron chi connectivity index (χ2n) is 5.64. The van der Waals surface area contributed by atoms with E-state index in [2.05, 4.69) is 25.3 Å². The minimum atomic E-state index is -4.14. The molecule has 2 nitrogen and oxygen atoms in total. The normalized spacial score (nSPS) is 24.4. The fourth-order valence-corrected chi connectivity index (χ4v) is 2.67. The van der Waals surface area contributed by atoms with Crippen molar-refractivity contribution in [2.45, 2.75) is 38.9 Å². The zero-order valence-electron chi connectivity index (χ0n) is 11.1. The lowest BCUT2D eigenvalue weighted by Gasteiger charge is -2.41. The highest BCUT2D eigenvalue weighted by Crippen LogP contribution is 2.62. The van der Waals surface area contributed by atoms with Crippen molar-refractivity contribution in [3.63, 3.8) is 0 Å². The van der Waals surface area contributed by atoms with Crippen LogP contribution in [0, 0.1) is 5.41 Å². The summed E-state index contributed by atoms with van der Waals surface area (Å²) in [7, 11) is 0. The van der Waals surface area contributed by atoms with Crippen molar-refractivity contribution in [2.75, 3.05) is 26.2 Å². The van der Waals surface area contributed by atoms with Crippen molar-refractivity contribution >= 4 is 0 Å². The first kappa shape index (κ1) is 13.7. The van der Waals surface area contributed by atoms with Crippen LogP contribution in [0.4, 0.5) is 13.2 Å². The number of hydrogen-bond acceptors (Lipinski definition) is 2. The third kappa shape index (κ3) is 2.25. The Morgan fingerprint density at radius 3 is 1.94 bits per heavy atom. The first-order chi connectivity index (χ1) is 8.28. The topological polar surface area (TPSA) is 6.48 Å². The van der Waals surface area contributed by atoms with Gasteiger partial charge in [0.25, 0.3) is 0 Å². The molecule has 0 bridgehead atoms. The number of nitrogens with zero attached hydrogens (tertiary/aromatic N) is 2. The molecule has 2 rings (SSSR count). The van der Waals surface area contributed by atoms with Gasteiger partial charge in [-0.15, -0.1) is 0 Å². The van der Waals surface area contributed by atoms with Gasteiger partial charge in [0.2, 0.25) is 0 Å². The number of hydrogen-bond donors (Lipinski definition) is 0. The summed E-state index contributed by atoms with van der Waals surface area (Å²) >= 11 is 0. The molecule has 1 saturated heterocycles. The molecule has 0 aromatic heterocycles. The van der Waals surface area contributed by atoms with Crippen molar-refractivity contribution < 1.29 is 13.2 Å². The Labute approximate surface area is 106 Å². The van der Waals surface area contributed by atoms with E-state index >= 15 is 0 Å². The molecule has 5 heteroatoms. The van der Waals surface area contributed by atoms with Gasteiger partial charge in [-0.1, -0.05) is 6.58 Å². The lowest BCUT2D eigenvalue weighted by molar-refractivity contribution is -0.180. The van der Waals surface area contributed by atoms with Crippen LogP contribution < -0.4 is 0 Å². The van der Waals surface area contributed by atoms with Crippen LogP contribution in [0.1, 0.15) is 26.7 Å². The van der Waals surface area contributed by atoms with Crippen LogP contribution in [0.3, 0.4) is 0 Å². The SMILES string of the molecule is C=C(N1CCN(C(C)C)CC1)C1(C(F)(F)F)CC1. The first-order valence-corrected chi connectivity index (χ1v) is 6.53. The summed E-state index contributed by atoms with van der Waals surface area (Å²) < 4.78 is 39.0. The van der Waals surface area contributed by atoms with Crippen LogP contribution in [-0.2, 0) is 0 Å². The summed E-state index contributed by atoms with van der Waals surface area (Å²) in [5, 5.41) is 0. The Kier molecular flexibility index (Phi) is 3.38. The minimum absolute atomic E-state index is 0.208. The van der Waals surface area contributed by atoms with Gasteiger partial charge in [-0.2, -0.15) is 13.2 Å². The smallest absolute Gasteiger partial charge is 0.372 e. The van der Waals surface area contributed by atoms with E-state index in [1.54, 1.807) is 0 Å². The van der Waals surface area contributed by atoms with E-state index in [1.807, 2.05) is 4.90 Å². The van der Waals surface area contributed by atoms with Gasteiger partial charge in [0, 0.05) is 37.9 Å². The molecule has 0 aromatic carbocycles. The Balaban J connectivity index is 1.97. The first-order valence-electron chi connectivity index (χ1n) is 6.53. The van der Waals surface area contributed by atoms with Gasteiger partial charge in [0.1, 0.15) is 5.41 Å². The maximum absolute atomic E-state index is 13.0. The Hall–Kier alpha value is -0.710. The summed E-state index contributed by atoms with van der Waals surface area (Å²) in [5.41, 5.74) is -1.31. The lowest BCUT2D eigenvalue weighted by atomic mass is 10.0. The second kappa shape index (κ2) is 4.44. The number of allylic oxidation sites excluding steroid dienone is 1. The van der Waals surface area contributed by atoms with E-state index < -0.39 is 11.6 Å². The van der Waals surface area contributed by atoms with Gasteiger partial charge < -0.3 is 4.90 Å². The molecule has 0 amide bonds. The minimum Gasteiger partial charge on any atom is -0.372 e. The predicted molar refractivity (Wildman–Crippen MR) is 65.1 cm³/mol. The van der Waals surface area contributed by atoms with Gasteiger partial charge in [-0.25, -0.2) is 0 Å².